The number of rotatable bonds is 52. The highest BCUT2D eigenvalue weighted by Gasteiger charge is 2.19. The van der Waals surface area contributed by atoms with Gasteiger partial charge in [-0.3, -0.25) is 14.4 Å². The van der Waals surface area contributed by atoms with Crippen molar-refractivity contribution in [3.63, 3.8) is 0 Å². The number of ether oxygens (including phenoxy) is 3. The molecule has 0 rings (SSSR count). The summed E-state index contributed by atoms with van der Waals surface area (Å²) in [5, 5.41) is 0. The maximum atomic E-state index is 12.8. The van der Waals surface area contributed by atoms with Crippen LogP contribution in [0.3, 0.4) is 0 Å². The molecule has 0 fully saturated rings. The van der Waals surface area contributed by atoms with E-state index in [9.17, 15) is 14.4 Å². The Kier molecular flexibility index (Phi) is 53.3. The van der Waals surface area contributed by atoms with Crippen molar-refractivity contribution in [2.24, 2.45) is 0 Å². The third kappa shape index (κ3) is 53.9. The van der Waals surface area contributed by atoms with E-state index in [1.54, 1.807) is 0 Å². The lowest BCUT2D eigenvalue weighted by atomic mass is 10.0. The van der Waals surface area contributed by atoms with E-state index >= 15 is 0 Å². The van der Waals surface area contributed by atoms with Gasteiger partial charge < -0.3 is 14.2 Å². The Morgan fingerprint density at radius 1 is 0.328 bits per heavy atom. The van der Waals surface area contributed by atoms with Gasteiger partial charge in [0, 0.05) is 19.3 Å². The monoisotopic (exact) mass is 937 g/mol. The molecule has 0 amide bonds. The summed E-state index contributed by atoms with van der Waals surface area (Å²) in [7, 11) is 0. The van der Waals surface area contributed by atoms with E-state index in [1.807, 2.05) is 0 Å². The summed E-state index contributed by atoms with van der Waals surface area (Å²) in [6.07, 6.45) is 69.4. The predicted octanol–water partition coefficient (Wildman–Crippen LogP) is 19.2. The molecule has 6 nitrogen and oxygen atoms in total. The maximum Gasteiger partial charge on any atom is 0.306 e. The van der Waals surface area contributed by atoms with Crippen molar-refractivity contribution in [2.45, 2.75) is 297 Å². The van der Waals surface area contributed by atoms with E-state index in [0.717, 1.165) is 96.3 Å². The number of carbonyl (C=O) groups is 3. The summed E-state index contributed by atoms with van der Waals surface area (Å²) in [5.74, 6) is -0.936. The van der Waals surface area contributed by atoms with Gasteiger partial charge in [-0.05, 0) is 77.0 Å². The standard InChI is InChI=1S/C61H108O6/c1-4-7-10-13-16-19-22-25-27-29-31-33-34-36-39-42-45-48-51-54-60(63)66-57-58(56-65-59(62)53-50-47-44-41-38-24-21-18-15-12-9-6-3)67-61(64)55-52-49-46-43-40-37-35-32-30-28-26-23-20-17-14-11-8-5-2/h9,12,18,21,28,30,32,35,38,41,58H,4-8,10-11,13-17,19-20,22-27,29,31,33-34,36-37,39-40,42-57H2,1-3H3/b12-9-,21-18-,30-28-,35-32-,41-38-. The summed E-state index contributed by atoms with van der Waals surface area (Å²) in [5.41, 5.74) is 0. The Labute approximate surface area is 415 Å². The number of allylic oxidation sites excluding steroid dienone is 10. The van der Waals surface area contributed by atoms with Crippen LogP contribution in [-0.4, -0.2) is 37.2 Å². The molecule has 0 aliphatic heterocycles. The molecule has 0 N–H and O–H groups in total. The van der Waals surface area contributed by atoms with E-state index in [2.05, 4.69) is 81.5 Å². The van der Waals surface area contributed by atoms with Crippen LogP contribution >= 0.6 is 0 Å². The Hall–Kier alpha value is -2.89. The Bertz CT molecular complexity index is 1210. The Morgan fingerprint density at radius 3 is 1.03 bits per heavy atom. The molecule has 0 heterocycles. The lowest BCUT2D eigenvalue weighted by Crippen LogP contribution is -2.30. The van der Waals surface area contributed by atoms with Crippen LogP contribution in [0.5, 0.6) is 0 Å². The van der Waals surface area contributed by atoms with Crippen LogP contribution in [-0.2, 0) is 28.6 Å². The van der Waals surface area contributed by atoms with Gasteiger partial charge in [0.15, 0.2) is 6.10 Å². The van der Waals surface area contributed by atoms with E-state index in [4.69, 9.17) is 14.2 Å². The SMILES string of the molecule is CC/C=C\C/C=C\C/C=C\CCCCC(=O)OCC(COC(=O)CCCCCCCCCCCCCCCCCCCCC)OC(=O)CCCCCCC/C=C\C=C/CCCCCCCCC. The molecule has 0 bridgehead atoms. The molecule has 0 aromatic carbocycles. The van der Waals surface area contributed by atoms with Crippen molar-refractivity contribution < 1.29 is 28.6 Å². The third-order valence-corrected chi connectivity index (χ3v) is 12.5. The summed E-state index contributed by atoms with van der Waals surface area (Å²) in [4.78, 5) is 38.1. The summed E-state index contributed by atoms with van der Waals surface area (Å²) in [6, 6.07) is 0. The van der Waals surface area contributed by atoms with Crippen LogP contribution in [0, 0.1) is 0 Å². The maximum absolute atomic E-state index is 12.8. The predicted molar refractivity (Wildman–Crippen MR) is 288 cm³/mol. The van der Waals surface area contributed by atoms with Crippen molar-refractivity contribution in [3.8, 4) is 0 Å². The molecule has 67 heavy (non-hydrogen) atoms. The van der Waals surface area contributed by atoms with Crippen LogP contribution in [0.2, 0.25) is 0 Å². The molecule has 1 unspecified atom stereocenters. The fraction of sp³-hybridized carbons (Fsp3) is 0.787. The lowest BCUT2D eigenvalue weighted by molar-refractivity contribution is -0.167. The highest BCUT2D eigenvalue weighted by molar-refractivity contribution is 5.71. The second kappa shape index (κ2) is 55.7. The molecule has 6 heteroatoms. The molecule has 1 atom stereocenters. The first-order valence-electron chi connectivity index (χ1n) is 28.8. The highest BCUT2D eigenvalue weighted by Crippen LogP contribution is 2.16. The molecule has 0 aromatic rings. The van der Waals surface area contributed by atoms with Gasteiger partial charge in [0.25, 0.3) is 0 Å². The van der Waals surface area contributed by atoms with Gasteiger partial charge in [0.2, 0.25) is 0 Å². The molecular weight excluding hydrogens is 829 g/mol. The van der Waals surface area contributed by atoms with Crippen molar-refractivity contribution in [2.75, 3.05) is 13.2 Å². The highest BCUT2D eigenvalue weighted by atomic mass is 16.6. The van der Waals surface area contributed by atoms with Gasteiger partial charge in [-0.2, -0.15) is 0 Å². The van der Waals surface area contributed by atoms with Crippen molar-refractivity contribution >= 4 is 17.9 Å². The fourth-order valence-corrected chi connectivity index (χ4v) is 8.21. The topological polar surface area (TPSA) is 78.9 Å². The van der Waals surface area contributed by atoms with Crippen LogP contribution < -0.4 is 0 Å². The summed E-state index contributed by atoms with van der Waals surface area (Å²) >= 11 is 0. The molecule has 0 aromatic heterocycles. The molecule has 388 valence electrons. The van der Waals surface area contributed by atoms with Crippen molar-refractivity contribution in [1.29, 1.82) is 0 Å². The second-order valence-electron chi connectivity index (χ2n) is 19.2. The average Bonchev–Trinajstić information content (AvgIpc) is 3.33. The normalized spacial score (nSPS) is 12.5. The van der Waals surface area contributed by atoms with Crippen LogP contribution in [0.25, 0.3) is 0 Å². The molecule has 0 aliphatic carbocycles. The van der Waals surface area contributed by atoms with Crippen LogP contribution in [0.15, 0.2) is 60.8 Å². The third-order valence-electron chi connectivity index (χ3n) is 12.5. The fourth-order valence-electron chi connectivity index (χ4n) is 8.21. The Balaban J connectivity index is 4.37. The molecule has 0 spiro atoms. The van der Waals surface area contributed by atoms with Gasteiger partial charge in [-0.15, -0.1) is 0 Å². The molecule has 0 radical (unpaired) electrons. The zero-order chi connectivity index (χ0) is 48.6. The number of carbonyl (C=O) groups excluding carboxylic acids is 3. The minimum Gasteiger partial charge on any atom is -0.462 e. The van der Waals surface area contributed by atoms with Gasteiger partial charge in [0.05, 0.1) is 0 Å². The molecule has 0 saturated heterocycles. The van der Waals surface area contributed by atoms with Gasteiger partial charge in [-0.1, -0.05) is 255 Å². The number of unbranched alkanes of at least 4 members (excludes halogenated alkanes) is 32. The largest absolute Gasteiger partial charge is 0.462 e. The van der Waals surface area contributed by atoms with Gasteiger partial charge in [-0.25, -0.2) is 0 Å². The zero-order valence-electron chi connectivity index (χ0n) is 44.4. The van der Waals surface area contributed by atoms with Gasteiger partial charge >= 0.3 is 17.9 Å². The molecular formula is C61H108O6. The molecule has 0 aliphatic rings. The van der Waals surface area contributed by atoms with Crippen LogP contribution in [0.4, 0.5) is 0 Å². The van der Waals surface area contributed by atoms with E-state index < -0.39 is 6.10 Å². The van der Waals surface area contributed by atoms with Crippen LogP contribution in [0.1, 0.15) is 290 Å². The number of hydrogen-bond donors (Lipinski definition) is 0. The van der Waals surface area contributed by atoms with Crippen molar-refractivity contribution in [1.82, 2.24) is 0 Å². The minimum absolute atomic E-state index is 0.0903. The zero-order valence-corrected chi connectivity index (χ0v) is 44.4. The Morgan fingerprint density at radius 2 is 0.627 bits per heavy atom. The lowest BCUT2D eigenvalue weighted by Gasteiger charge is -2.18. The van der Waals surface area contributed by atoms with E-state index in [0.29, 0.717) is 19.3 Å². The number of hydrogen-bond acceptors (Lipinski definition) is 6. The van der Waals surface area contributed by atoms with E-state index in [1.165, 1.54) is 154 Å². The number of esters is 3. The second-order valence-corrected chi connectivity index (χ2v) is 19.2. The smallest absolute Gasteiger partial charge is 0.306 e. The average molecular weight is 938 g/mol. The van der Waals surface area contributed by atoms with Crippen molar-refractivity contribution in [3.05, 3.63) is 60.8 Å². The minimum atomic E-state index is -0.796. The van der Waals surface area contributed by atoms with E-state index in [-0.39, 0.29) is 31.1 Å². The molecule has 0 saturated carbocycles. The quantitative estimate of drug-likeness (QED) is 0.0199. The first kappa shape index (κ1) is 64.1. The first-order chi connectivity index (χ1) is 33.0. The summed E-state index contributed by atoms with van der Waals surface area (Å²) < 4.78 is 16.8. The summed E-state index contributed by atoms with van der Waals surface area (Å²) in [6.45, 7) is 6.50. The van der Waals surface area contributed by atoms with Gasteiger partial charge in [0.1, 0.15) is 13.2 Å². The first-order valence-corrected chi connectivity index (χ1v) is 28.8.